The number of rotatable bonds is 6. The molecule has 2 fully saturated rings. The van der Waals surface area contributed by atoms with E-state index in [9.17, 15) is 14.4 Å². The Bertz CT molecular complexity index is 754. The number of imide groups is 1. The number of piperidine rings is 1. The van der Waals surface area contributed by atoms with Gasteiger partial charge in [0.2, 0.25) is 5.91 Å². The predicted octanol–water partition coefficient (Wildman–Crippen LogP) is 2.23. The molecule has 4 amide bonds. The fourth-order valence-electron chi connectivity index (χ4n) is 4.08. The van der Waals surface area contributed by atoms with Crippen molar-refractivity contribution in [2.75, 3.05) is 31.5 Å². The van der Waals surface area contributed by atoms with Gasteiger partial charge in [-0.3, -0.25) is 14.5 Å². The van der Waals surface area contributed by atoms with Gasteiger partial charge >= 0.3 is 6.03 Å². The lowest BCUT2D eigenvalue weighted by Gasteiger charge is -2.37. The van der Waals surface area contributed by atoms with E-state index in [1.54, 1.807) is 0 Å². The van der Waals surface area contributed by atoms with E-state index in [1.807, 2.05) is 31.2 Å². The second-order valence-corrected chi connectivity index (χ2v) is 8.16. The first-order valence-electron chi connectivity index (χ1n) is 10.1. The third kappa shape index (κ3) is 4.19. The molecule has 1 aromatic rings. The molecule has 2 N–H and O–H groups in total. The molecule has 2 heterocycles. The van der Waals surface area contributed by atoms with Crippen LogP contribution >= 0.6 is 0 Å². The lowest BCUT2D eigenvalue weighted by Crippen LogP contribution is -2.55. The second kappa shape index (κ2) is 8.31. The number of para-hydroxylation sites is 1. The number of carbonyl (C=O) groups is 3. The van der Waals surface area contributed by atoms with Crippen LogP contribution in [0.3, 0.4) is 0 Å². The predicted molar refractivity (Wildman–Crippen MR) is 108 cm³/mol. The molecule has 3 rings (SSSR count). The Morgan fingerprint density at radius 1 is 1.21 bits per heavy atom. The minimum absolute atomic E-state index is 0.264. The minimum atomic E-state index is -0.855. The Labute approximate surface area is 166 Å². The maximum Gasteiger partial charge on any atom is 0.325 e. The molecule has 0 aliphatic carbocycles. The Morgan fingerprint density at radius 2 is 1.89 bits per heavy atom. The van der Waals surface area contributed by atoms with Crippen LogP contribution in [0.5, 0.6) is 0 Å². The average molecular weight is 386 g/mol. The van der Waals surface area contributed by atoms with Crippen molar-refractivity contribution >= 4 is 23.5 Å². The summed E-state index contributed by atoms with van der Waals surface area (Å²) in [5, 5.41) is 5.69. The molecule has 0 atom stereocenters. The van der Waals surface area contributed by atoms with Crippen LogP contribution in [-0.2, 0) is 16.0 Å². The summed E-state index contributed by atoms with van der Waals surface area (Å²) < 4.78 is 0. The zero-order chi connectivity index (χ0) is 20.3. The van der Waals surface area contributed by atoms with Gasteiger partial charge < -0.3 is 15.5 Å². The van der Waals surface area contributed by atoms with Gasteiger partial charge in [0.15, 0.2) is 0 Å². The van der Waals surface area contributed by atoms with E-state index in [0.717, 1.165) is 42.2 Å². The number of anilines is 1. The topological polar surface area (TPSA) is 81.8 Å². The number of hydrogen-bond acceptors (Lipinski definition) is 4. The molecule has 0 bridgehead atoms. The van der Waals surface area contributed by atoms with E-state index in [4.69, 9.17) is 0 Å². The van der Waals surface area contributed by atoms with E-state index in [1.165, 1.54) is 0 Å². The highest BCUT2D eigenvalue weighted by molar-refractivity contribution is 6.10. The van der Waals surface area contributed by atoms with E-state index in [2.05, 4.69) is 29.4 Å². The first-order valence-corrected chi connectivity index (χ1v) is 10.1. The molecule has 2 aliphatic rings. The maximum atomic E-state index is 13.0. The van der Waals surface area contributed by atoms with Crippen LogP contribution in [0.15, 0.2) is 24.3 Å². The highest BCUT2D eigenvalue weighted by Crippen LogP contribution is 2.29. The van der Waals surface area contributed by atoms with Crippen molar-refractivity contribution < 1.29 is 14.4 Å². The van der Waals surface area contributed by atoms with Gasteiger partial charge in [-0.25, -0.2) is 4.79 Å². The summed E-state index contributed by atoms with van der Waals surface area (Å²) in [4.78, 5) is 41.3. The summed E-state index contributed by atoms with van der Waals surface area (Å²) >= 11 is 0. The number of carbonyl (C=O) groups excluding carboxylic acids is 3. The summed E-state index contributed by atoms with van der Waals surface area (Å²) in [6, 6.07) is 7.07. The van der Waals surface area contributed by atoms with Crippen LogP contribution in [0.1, 0.15) is 39.2 Å². The maximum absolute atomic E-state index is 13.0. The van der Waals surface area contributed by atoms with Crippen molar-refractivity contribution in [2.45, 2.75) is 45.6 Å². The molecule has 2 aliphatic heterocycles. The van der Waals surface area contributed by atoms with Gasteiger partial charge in [0.25, 0.3) is 5.91 Å². The Kier molecular flexibility index (Phi) is 6.03. The zero-order valence-corrected chi connectivity index (χ0v) is 17.0. The van der Waals surface area contributed by atoms with Gasteiger partial charge in [-0.05, 0) is 36.8 Å². The van der Waals surface area contributed by atoms with Crippen LogP contribution in [0.4, 0.5) is 10.5 Å². The van der Waals surface area contributed by atoms with Gasteiger partial charge in [0.1, 0.15) is 12.1 Å². The quantitative estimate of drug-likeness (QED) is 0.735. The number of amides is 4. The van der Waals surface area contributed by atoms with Gasteiger partial charge in [-0.1, -0.05) is 39.0 Å². The van der Waals surface area contributed by atoms with Crippen LogP contribution in [0.25, 0.3) is 0 Å². The fraction of sp³-hybridized carbons (Fsp3) is 0.571. The highest BCUT2D eigenvalue weighted by Gasteiger charge is 2.52. The van der Waals surface area contributed by atoms with E-state index in [-0.39, 0.29) is 18.4 Å². The molecule has 0 saturated carbocycles. The van der Waals surface area contributed by atoms with Gasteiger partial charge in [0.05, 0.1) is 0 Å². The first-order chi connectivity index (χ1) is 13.3. The van der Waals surface area contributed by atoms with Crippen molar-refractivity contribution in [3.8, 4) is 0 Å². The molecule has 2 saturated heterocycles. The van der Waals surface area contributed by atoms with Crippen molar-refractivity contribution in [3.63, 3.8) is 0 Å². The van der Waals surface area contributed by atoms with Crippen molar-refractivity contribution in [2.24, 2.45) is 5.92 Å². The number of benzene rings is 1. The minimum Gasteiger partial charge on any atom is -0.324 e. The molecule has 0 aromatic heterocycles. The van der Waals surface area contributed by atoms with Gasteiger partial charge in [-0.15, -0.1) is 0 Å². The second-order valence-electron chi connectivity index (χ2n) is 8.16. The van der Waals surface area contributed by atoms with Crippen LogP contribution in [0, 0.1) is 5.92 Å². The summed E-state index contributed by atoms with van der Waals surface area (Å²) in [7, 11) is 0. The van der Waals surface area contributed by atoms with Gasteiger partial charge in [-0.2, -0.15) is 0 Å². The monoisotopic (exact) mass is 386 g/mol. The molecule has 1 aromatic carbocycles. The number of hydrogen-bond donors (Lipinski definition) is 2. The standard InChI is InChI=1S/C21H30N4O3/c1-4-16-7-5-6-8-17(16)22-18(26)14-25-19(27)21(23-20(25)28)9-11-24(12-10-21)13-15(2)3/h5-8,15H,4,9-14H2,1-3H3,(H,22,26)(H,23,28). The SMILES string of the molecule is CCc1ccccc1NC(=O)CN1C(=O)NC2(CCN(CC(C)C)CC2)C1=O. The number of likely N-dealkylation sites (tertiary alicyclic amines) is 1. The van der Waals surface area contributed by atoms with Crippen LogP contribution in [-0.4, -0.2) is 59.4 Å². The van der Waals surface area contributed by atoms with Crippen LogP contribution in [0.2, 0.25) is 0 Å². The van der Waals surface area contributed by atoms with E-state index >= 15 is 0 Å². The Morgan fingerprint density at radius 3 is 2.54 bits per heavy atom. The molecule has 7 nitrogen and oxygen atoms in total. The molecule has 28 heavy (non-hydrogen) atoms. The lowest BCUT2D eigenvalue weighted by molar-refractivity contribution is -0.135. The Hall–Kier alpha value is -2.41. The summed E-state index contributed by atoms with van der Waals surface area (Å²) in [6.07, 6.45) is 1.96. The molecule has 1 spiro atoms. The van der Waals surface area contributed by atoms with Crippen molar-refractivity contribution in [1.82, 2.24) is 15.1 Å². The molecular weight excluding hydrogens is 356 g/mol. The van der Waals surface area contributed by atoms with Crippen LogP contribution < -0.4 is 10.6 Å². The number of nitrogens with zero attached hydrogens (tertiary/aromatic N) is 2. The zero-order valence-electron chi connectivity index (χ0n) is 17.0. The molecule has 152 valence electrons. The number of aryl methyl sites for hydroxylation is 1. The summed E-state index contributed by atoms with van der Waals surface area (Å²) in [5.41, 5.74) is 0.882. The lowest BCUT2D eigenvalue weighted by atomic mass is 9.87. The van der Waals surface area contributed by atoms with Crippen molar-refractivity contribution in [3.05, 3.63) is 29.8 Å². The fourth-order valence-corrected chi connectivity index (χ4v) is 4.08. The van der Waals surface area contributed by atoms with Crippen molar-refractivity contribution in [1.29, 1.82) is 0 Å². The number of urea groups is 1. The Balaban J connectivity index is 1.62. The molecule has 0 unspecified atom stereocenters. The molecular formula is C21H30N4O3. The molecule has 0 radical (unpaired) electrons. The first kappa shape index (κ1) is 20.3. The van der Waals surface area contributed by atoms with Gasteiger partial charge in [0, 0.05) is 25.3 Å². The molecule has 7 heteroatoms. The van der Waals surface area contributed by atoms with E-state index < -0.39 is 11.6 Å². The van der Waals surface area contributed by atoms with E-state index in [0.29, 0.717) is 18.8 Å². The number of nitrogens with one attached hydrogen (secondary N) is 2. The summed E-state index contributed by atoms with van der Waals surface area (Å²) in [5.74, 6) is -0.0755. The summed E-state index contributed by atoms with van der Waals surface area (Å²) in [6.45, 7) is 8.62. The third-order valence-corrected chi connectivity index (χ3v) is 5.55. The smallest absolute Gasteiger partial charge is 0.324 e. The highest BCUT2D eigenvalue weighted by atomic mass is 16.2. The third-order valence-electron chi connectivity index (χ3n) is 5.55. The normalized spacial score (nSPS) is 19.4. The average Bonchev–Trinajstić information content (AvgIpc) is 2.88. The largest absolute Gasteiger partial charge is 0.325 e.